The first-order valence-corrected chi connectivity index (χ1v) is 9.37. The van der Waals surface area contributed by atoms with Gasteiger partial charge >= 0.3 is 0 Å². The predicted octanol–water partition coefficient (Wildman–Crippen LogP) is 4.49. The van der Waals surface area contributed by atoms with Crippen molar-refractivity contribution in [2.24, 2.45) is 5.92 Å². The molecule has 2 aromatic heterocycles. The fourth-order valence-electron chi connectivity index (χ4n) is 3.76. The Morgan fingerprint density at radius 1 is 1.24 bits per heavy atom. The Labute approximate surface area is 155 Å². The summed E-state index contributed by atoms with van der Waals surface area (Å²) >= 11 is 3.45. The van der Waals surface area contributed by atoms with Crippen LogP contribution in [-0.2, 0) is 6.42 Å². The van der Waals surface area contributed by atoms with E-state index in [1.165, 1.54) is 11.1 Å². The van der Waals surface area contributed by atoms with Gasteiger partial charge in [-0.2, -0.15) is 5.10 Å². The smallest absolute Gasteiger partial charge is 0.274 e. The summed E-state index contributed by atoms with van der Waals surface area (Å²) in [4.78, 5) is 15.2. The van der Waals surface area contributed by atoms with E-state index in [9.17, 15) is 4.79 Å². The monoisotopic (exact) mass is 397 g/mol. The molecule has 25 heavy (non-hydrogen) atoms. The number of halogens is 1. The van der Waals surface area contributed by atoms with Gasteiger partial charge < -0.3 is 4.90 Å². The first-order chi connectivity index (χ1) is 12.0. The average molecular weight is 398 g/mol. The molecule has 4 rings (SSSR count). The lowest BCUT2D eigenvalue weighted by atomic mass is 9.86. The molecule has 1 aliphatic rings. The van der Waals surface area contributed by atoms with Crippen LogP contribution < -0.4 is 0 Å². The molecule has 0 saturated carbocycles. The van der Waals surface area contributed by atoms with Gasteiger partial charge in [-0.1, -0.05) is 38.1 Å². The minimum absolute atomic E-state index is 0.00743. The fourth-order valence-corrected chi connectivity index (χ4v) is 4.08. The molecular weight excluding hydrogens is 378 g/mol. The second-order valence-electron chi connectivity index (χ2n) is 6.88. The number of rotatable bonds is 2. The van der Waals surface area contributed by atoms with Crippen molar-refractivity contribution in [1.82, 2.24) is 14.5 Å². The molecule has 1 unspecified atom stereocenters. The van der Waals surface area contributed by atoms with Crippen LogP contribution in [0.25, 0.3) is 5.52 Å². The Morgan fingerprint density at radius 3 is 2.84 bits per heavy atom. The number of hydrogen-bond donors (Lipinski definition) is 0. The number of amides is 1. The number of fused-ring (bicyclic) bond motifs is 2. The molecule has 0 spiro atoms. The summed E-state index contributed by atoms with van der Waals surface area (Å²) in [6.45, 7) is 5.08. The largest absolute Gasteiger partial charge is 0.330 e. The SMILES string of the molecule is CC(C)C1c2ccccc2CCN1C(=O)c1cc2ccc(Br)cn2n1. The van der Waals surface area contributed by atoms with E-state index in [0.717, 1.165) is 23.0 Å². The Balaban J connectivity index is 1.73. The van der Waals surface area contributed by atoms with Crippen molar-refractivity contribution in [2.45, 2.75) is 26.3 Å². The summed E-state index contributed by atoms with van der Waals surface area (Å²) in [6, 6.07) is 14.3. The van der Waals surface area contributed by atoms with Crippen LogP contribution in [0.3, 0.4) is 0 Å². The molecule has 5 heteroatoms. The number of carbonyl (C=O) groups is 1. The number of pyridine rings is 1. The minimum Gasteiger partial charge on any atom is -0.330 e. The van der Waals surface area contributed by atoms with Crippen LogP contribution in [0.2, 0.25) is 0 Å². The number of aromatic nitrogens is 2. The molecule has 0 saturated heterocycles. The molecule has 0 aliphatic carbocycles. The van der Waals surface area contributed by atoms with Crippen LogP contribution >= 0.6 is 15.9 Å². The van der Waals surface area contributed by atoms with E-state index >= 15 is 0 Å². The molecule has 0 fully saturated rings. The number of nitrogens with zero attached hydrogens (tertiary/aromatic N) is 3. The molecular formula is C20H20BrN3O. The number of carbonyl (C=O) groups excluding carboxylic acids is 1. The minimum atomic E-state index is 0.00743. The summed E-state index contributed by atoms with van der Waals surface area (Å²) in [5, 5.41) is 4.49. The van der Waals surface area contributed by atoms with Crippen molar-refractivity contribution in [1.29, 1.82) is 0 Å². The van der Waals surface area contributed by atoms with E-state index in [1.54, 1.807) is 4.52 Å². The zero-order valence-electron chi connectivity index (χ0n) is 14.3. The average Bonchev–Trinajstić information content (AvgIpc) is 3.03. The van der Waals surface area contributed by atoms with Gasteiger partial charge in [0.05, 0.1) is 11.6 Å². The maximum atomic E-state index is 13.2. The third kappa shape index (κ3) is 2.86. The van der Waals surface area contributed by atoms with Gasteiger partial charge in [0.15, 0.2) is 5.69 Å². The molecule has 1 aliphatic heterocycles. The topological polar surface area (TPSA) is 37.6 Å². The lowest BCUT2D eigenvalue weighted by Gasteiger charge is -2.39. The van der Waals surface area contributed by atoms with E-state index in [1.807, 2.05) is 29.3 Å². The van der Waals surface area contributed by atoms with Gasteiger partial charge in [0.2, 0.25) is 0 Å². The molecule has 0 radical (unpaired) electrons. The number of benzene rings is 1. The van der Waals surface area contributed by atoms with Gasteiger partial charge in [0, 0.05) is 17.2 Å². The first-order valence-electron chi connectivity index (χ1n) is 8.58. The van der Waals surface area contributed by atoms with Crippen molar-refractivity contribution < 1.29 is 4.79 Å². The third-order valence-electron chi connectivity index (χ3n) is 4.87. The zero-order valence-corrected chi connectivity index (χ0v) is 15.9. The van der Waals surface area contributed by atoms with E-state index < -0.39 is 0 Å². The van der Waals surface area contributed by atoms with Crippen molar-refractivity contribution in [3.63, 3.8) is 0 Å². The van der Waals surface area contributed by atoms with E-state index in [-0.39, 0.29) is 11.9 Å². The molecule has 3 aromatic rings. The van der Waals surface area contributed by atoms with Gasteiger partial charge in [-0.3, -0.25) is 4.79 Å². The molecule has 0 N–H and O–H groups in total. The van der Waals surface area contributed by atoms with E-state index in [4.69, 9.17) is 0 Å². The Bertz CT molecular complexity index is 947. The van der Waals surface area contributed by atoms with Crippen LogP contribution in [0.1, 0.15) is 41.5 Å². The van der Waals surface area contributed by atoms with Crippen LogP contribution in [0, 0.1) is 5.92 Å². The second-order valence-corrected chi connectivity index (χ2v) is 7.80. The molecule has 1 aromatic carbocycles. The Hall–Kier alpha value is -2.14. The van der Waals surface area contributed by atoms with E-state index in [2.05, 4.69) is 59.1 Å². The summed E-state index contributed by atoms with van der Waals surface area (Å²) in [5.41, 5.74) is 4.04. The van der Waals surface area contributed by atoms with E-state index in [0.29, 0.717) is 11.6 Å². The van der Waals surface area contributed by atoms with Crippen molar-refractivity contribution in [2.75, 3.05) is 6.54 Å². The molecule has 4 nitrogen and oxygen atoms in total. The van der Waals surface area contributed by atoms with Gasteiger partial charge in [0.25, 0.3) is 5.91 Å². The van der Waals surface area contributed by atoms with Gasteiger partial charge in [-0.05, 0) is 57.6 Å². The standard InChI is InChI=1S/C20H20BrN3O/c1-13(2)19-17-6-4-3-5-14(17)9-10-23(19)20(25)18-11-16-8-7-15(21)12-24(16)22-18/h3-8,11-13,19H,9-10H2,1-2H3. The summed E-state index contributed by atoms with van der Waals surface area (Å²) < 4.78 is 2.69. The highest BCUT2D eigenvalue weighted by Crippen LogP contribution is 2.36. The summed E-state index contributed by atoms with van der Waals surface area (Å²) in [7, 11) is 0. The lowest BCUT2D eigenvalue weighted by Crippen LogP contribution is -2.42. The van der Waals surface area contributed by atoms with Gasteiger partial charge in [-0.15, -0.1) is 0 Å². The molecule has 3 heterocycles. The van der Waals surface area contributed by atoms with Crippen LogP contribution in [0.5, 0.6) is 0 Å². The van der Waals surface area contributed by atoms with Crippen molar-refractivity contribution >= 4 is 27.4 Å². The predicted molar refractivity (Wildman–Crippen MR) is 102 cm³/mol. The van der Waals surface area contributed by atoms with Crippen LogP contribution in [0.15, 0.2) is 53.1 Å². The van der Waals surface area contributed by atoms with Crippen LogP contribution in [-0.4, -0.2) is 27.0 Å². The second kappa shape index (κ2) is 6.30. The molecule has 1 atom stereocenters. The highest BCUT2D eigenvalue weighted by atomic mass is 79.9. The zero-order chi connectivity index (χ0) is 17.6. The van der Waals surface area contributed by atoms with Gasteiger partial charge in [-0.25, -0.2) is 4.52 Å². The Kier molecular flexibility index (Phi) is 4.12. The fraction of sp³-hybridized carbons (Fsp3) is 0.300. The highest BCUT2D eigenvalue weighted by molar-refractivity contribution is 9.10. The van der Waals surface area contributed by atoms with Crippen molar-refractivity contribution in [3.05, 3.63) is 70.0 Å². The quantitative estimate of drug-likeness (QED) is 0.638. The third-order valence-corrected chi connectivity index (χ3v) is 5.34. The van der Waals surface area contributed by atoms with Crippen molar-refractivity contribution in [3.8, 4) is 0 Å². The number of hydrogen-bond acceptors (Lipinski definition) is 2. The summed E-state index contributed by atoms with van der Waals surface area (Å²) in [5.74, 6) is 0.351. The van der Waals surface area contributed by atoms with Crippen LogP contribution in [0.4, 0.5) is 0 Å². The Morgan fingerprint density at radius 2 is 2.04 bits per heavy atom. The first kappa shape index (κ1) is 16.3. The molecule has 1 amide bonds. The normalized spacial score (nSPS) is 17.1. The summed E-state index contributed by atoms with van der Waals surface area (Å²) in [6.07, 6.45) is 2.77. The van der Waals surface area contributed by atoms with Gasteiger partial charge in [0.1, 0.15) is 0 Å². The maximum absolute atomic E-state index is 13.2. The molecule has 128 valence electrons. The lowest BCUT2D eigenvalue weighted by molar-refractivity contribution is 0.0597. The highest BCUT2D eigenvalue weighted by Gasteiger charge is 2.34. The molecule has 0 bridgehead atoms. The maximum Gasteiger partial charge on any atom is 0.274 e.